The van der Waals surface area contributed by atoms with Crippen molar-refractivity contribution in [2.24, 2.45) is 5.11 Å². The normalized spacial score (nSPS) is 14.6. The summed E-state index contributed by atoms with van der Waals surface area (Å²) in [6.07, 6.45) is 9.91. The van der Waals surface area contributed by atoms with Gasteiger partial charge >= 0.3 is 0 Å². The largest absolute Gasteiger partial charge is 0.376 e. The van der Waals surface area contributed by atoms with Crippen molar-refractivity contribution >= 4 is 0 Å². The summed E-state index contributed by atoms with van der Waals surface area (Å²) in [6, 6.07) is 0. The van der Waals surface area contributed by atoms with Crippen LogP contribution in [0.2, 0.25) is 0 Å². The molecule has 17 heteroatoms. The average molecular weight is 882 g/mol. The topological polar surface area (TPSA) is 178 Å². The van der Waals surface area contributed by atoms with Crippen LogP contribution in [0.15, 0.2) is 106 Å². The van der Waals surface area contributed by atoms with Crippen LogP contribution < -0.4 is 0 Å². The van der Waals surface area contributed by atoms with Crippen LogP contribution in [0.4, 0.5) is 0 Å². The van der Waals surface area contributed by atoms with Crippen LogP contribution in [-0.4, -0.2) is 188 Å². The van der Waals surface area contributed by atoms with Crippen molar-refractivity contribution in [1.82, 2.24) is 0 Å². The summed E-state index contributed by atoms with van der Waals surface area (Å²) in [4.78, 5) is 2.93. The molecule has 17 nitrogen and oxygen atoms in total. The van der Waals surface area contributed by atoms with Gasteiger partial charge in [0, 0.05) is 4.91 Å². The molecule has 0 aromatic rings. The lowest BCUT2D eigenvalue weighted by Crippen LogP contribution is -2.37. The highest BCUT2D eigenvalue weighted by atomic mass is 16.6. The molecule has 0 rings (SSSR count). The van der Waals surface area contributed by atoms with Crippen molar-refractivity contribution in [3.05, 3.63) is 112 Å². The number of hydrogen-bond donors (Lipinski definition) is 0. The molecule has 62 heavy (non-hydrogen) atoms. The second-order valence-corrected chi connectivity index (χ2v) is 13.2. The zero-order valence-corrected chi connectivity index (χ0v) is 36.9. The van der Waals surface area contributed by atoms with E-state index in [4.69, 9.17) is 66.3 Å². The Labute approximate surface area is 370 Å². The van der Waals surface area contributed by atoms with E-state index in [0.717, 1.165) is 0 Å². The van der Waals surface area contributed by atoms with Gasteiger partial charge in [-0.25, -0.2) is 0 Å². The van der Waals surface area contributed by atoms with Crippen LogP contribution >= 0.6 is 0 Å². The minimum atomic E-state index is -0.659. The van der Waals surface area contributed by atoms with Gasteiger partial charge in [0.25, 0.3) is 0 Å². The third kappa shape index (κ3) is 36.2. The summed E-state index contributed by atoms with van der Waals surface area (Å²) in [7, 11) is 0. The maximum absolute atomic E-state index is 9.19. The zero-order valence-electron chi connectivity index (χ0n) is 36.9. The van der Waals surface area contributed by atoms with Crippen LogP contribution in [-0.2, 0) is 66.3 Å². The summed E-state index contributed by atoms with van der Waals surface area (Å²) >= 11 is 0. The second kappa shape index (κ2) is 45.7. The van der Waals surface area contributed by atoms with E-state index in [-0.39, 0.29) is 91.4 Å². The van der Waals surface area contributed by atoms with E-state index in [9.17, 15) is 5.53 Å². The maximum atomic E-state index is 9.19. The molecule has 0 amide bonds. The molecule has 0 N–H and O–H groups in total. The van der Waals surface area contributed by atoms with E-state index in [1.807, 2.05) is 0 Å². The molecule has 0 aromatic heterocycles. The van der Waals surface area contributed by atoms with Crippen molar-refractivity contribution in [2.75, 3.05) is 145 Å². The van der Waals surface area contributed by atoms with Crippen molar-refractivity contribution in [3.63, 3.8) is 0 Å². The molecular formula is C45H75N3O14. The first-order chi connectivity index (χ1) is 30.4. The van der Waals surface area contributed by atoms with Gasteiger partial charge in [0.1, 0.15) is 36.6 Å². The third-order valence-electron chi connectivity index (χ3n) is 7.68. The molecule has 0 saturated carbocycles. The Balaban J connectivity index is 5.94. The van der Waals surface area contributed by atoms with Gasteiger partial charge in [-0.15, -0.1) is 52.6 Å². The minimum absolute atomic E-state index is 0.0180. The quantitative estimate of drug-likeness (QED) is 0.0243. The Morgan fingerprint density at radius 2 is 0.532 bits per heavy atom. The number of hydrogen-bond acceptors (Lipinski definition) is 15. The van der Waals surface area contributed by atoms with Crippen molar-refractivity contribution in [1.29, 1.82) is 0 Å². The third-order valence-corrected chi connectivity index (χ3v) is 7.68. The zero-order chi connectivity index (χ0) is 45.6. The fraction of sp³-hybridized carbons (Fsp3) is 0.644. The SMILES string of the molecule is C=CCOCC(COCC(COCC(CN=[N+]=[N-])OCC(COCC(COCC=C)OCC=C)OCC(COCC=C)OCC=C)OCC(COCC=C)OCC=C)OCC=C. The molecule has 0 saturated heterocycles. The van der Waals surface area contributed by atoms with Gasteiger partial charge in [0.2, 0.25) is 0 Å². The van der Waals surface area contributed by atoms with Crippen molar-refractivity contribution in [2.45, 2.75) is 42.7 Å². The van der Waals surface area contributed by atoms with Crippen LogP contribution in [0, 0.1) is 0 Å². The lowest BCUT2D eigenvalue weighted by Gasteiger charge is -2.26. The molecule has 0 spiro atoms. The highest BCUT2D eigenvalue weighted by Gasteiger charge is 2.22. The fourth-order valence-electron chi connectivity index (χ4n) is 4.82. The number of ether oxygens (including phenoxy) is 14. The summed E-state index contributed by atoms with van der Waals surface area (Å²) in [6.45, 7) is 34.7. The molecule has 7 unspecified atom stereocenters. The van der Waals surface area contributed by atoms with Crippen molar-refractivity contribution in [3.8, 4) is 0 Å². The molecule has 0 aliphatic carbocycles. The summed E-state index contributed by atoms with van der Waals surface area (Å²) in [5, 5.41) is 3.76. The van der Waals surface area contributed by atoms with Crippen LogP contribution in [0.3, 0.4) is 0 Å². The molecule has 0 radical (unpaired) electrons. The van der Waals surface area contributed by atoms with Gasteiger partial charge in [-0.3, -0.25) is 0 Å². The summed E-state index contributed by atoms with van der Waals surface area (Å²) in [5.74, 6) is 0. The molecular weight excluding hydrogens is 807 g/mol. The van der Waals surface area contributed by atoms with E-state index in [1.54, 1.807) is 48.6 Å². The molecule has 0 aromatic carbocycles. The summed E-state index contributed by atoms with van der Waals surface area (Å²) < 4.78 is 82.8. The second-order valence-electron chi connectivity index (χ2n) is 13.2. The molecule has 354 valence electrons. The highest BCUT2D eigenvalue weighted by molar-refractivity contribution is 4.74. The van der Waals surface area contributed by atoms with E-state index >= 15 is 0 Å². The Hall–Kier alpha value is -3.33. The highest BCUT2D eigenvalue weighted by Crippen LogP contribution is 2.09. The minimum Gasteiger partial charge on any atom is -0.376 e. The Morgan fingerprint density at radius 1 is 0.306 bits per heavy atom. The monoisotopic (exact) mass is 882 g/mol. The van der Waals surface area contributed by atoms with Gasteiger partial charge in [-0.2, -0.15) is 0 Å². The van der Waals surface area contributed by atoms with Gasteiger partial charge < -0.3 is 66.3 Å². The average Bonchev–Trinajstić information content (AvgIpc) is 3.28. The van der Waals surface area contributed by atoms with Gasteiger partial charge in [-0.1, -0.05) is 53.7 Å². The number of azide groups is 1. The molecule has 0 fully saturated rings. The van der Waals surface area contributed by atoms with Crippen LogP contribution in [0.5, 0.6) is 0 Å². The smallest absolute Gasteiger partial charge is 0.105 e. The molecule has 7 atom stereocenters. The maximum Gasteiger partial charge on any atom is 0.105 e. The van der Waals surface area contributed by atoms with E-state index in [2.05, 4.69) is 62.7 Å². The number of rotatable bonds is 51. The lowest BCUT2D eigenvalue weighted by atomic mass is 10.3. The van der Waals surface area contributed by atoms with Crippen LogP contribution in [0.25, 0.3) is 10.4 Å². The van der Waals surface area contributed by atoms with Crippen LogP contribution in [0.1, 0.15) is 0 Å². The lowest BCUT2D eigenvalue weighted by molar-refractivity contribution is -0.135. The van der Waals surface area contributed by atoms with Gasteiger partial charge in [0.05, 0.1) is 151 Å². The first-order valence-electron chi connectivity index (χ1n) is 20.7. The predicted molar refractivity (Wildman–Crippen MR) is 240 cm³/mol. The Kier molecular flexibility index (Phi) is 43.2. The van der Waals surface area contributed by atoms with E-state index in [0.29, 0.717) is 66.1 Å². The van der Waals surface area contributed by atoms with Gasteiger partial charge in [0.15, 0.2) is 0 Å². The van der Waals surface area contributed by atoms with E-state index < -0.39 is 30.5 Å². The predicted octanol–water partition coefficient (Wildman–Crippen LogP) is 5.60. The van der Waals surface area contributed by atoms with Crippen molar-refractivity contribution < 1.29 is 66.3 Å². The molecule has 0 bridgehead atoms. The Morgan fingerprint density at radius 3 is 0.823 bits per heavy atom. The van der Waals surface area contributed by atoms with Gasteiger partial charge in [-0.05, 0) is 5.53 Å². The molecule has 0 heterocycles. The Bertz CT molecular complexity index is 1190. The summed E-state index contributed by atoms with van der Waals surface area (Å²) in [5.41, 5.74) is 9.19. The standard InChI is InChI=1S/C45H75N3O14/c1-9-17-49-27-40(56-21-13-5)31-54-34-42(61-36-43(58-23-15-7)29-51-19-11-3)33-53-26-39(25-47-48-46)60-38-45(62-37-44(59-24-16-8)30-52-20-12-4)35-55-32-41(57-22-14-6)28-50-18-10-2/h9-16,39-45H,1-8,17-38H2. The number of nitrogens with zero attached hydrogens (tertiary/aromatic N) is 3. The van der Waals surface area contributed by atoms with E-state index in [1.165, 1.54) is 0 Å². The fourth-order valence-corrected chi connectivity index (χ4v) is 4.82. The first kappa shape index (κ1) is 58.7. The molecule has 0 aliphatic rings. The first-order valence-corrected chi connectivity index (χ1v) is 20.7. The molecule has 0 aliphatic heterocycles.